The molecule has 0 saturated heterocycles. The summed E-state index contributed by atoms with van der Waals surface area (Å²) in [5.74, 6) is 1.69. The van der Waals surface area contributed by atoms with Crippen LogP contribution in [0, 0.1) is 0 Å². The molecule has 7 nitrogen and oxygen atoms in total. The lowest BCUT2D eigenvalue weighted by Crippen LogP contribution is -2.52. The van der Waals surface area contributed by atoms with Gasteiger partial charge < -0.3 is 29.2 Å². The van der Waals surface area contributed by atoms with Crippen molar-refractivity contribution in [1.29, 1.82) is 0 Å². The van der Waals surface area contributed by atoms with E-state index in [0.29, 0.717) is 41.1 Å². The number of hydrogen-bond acceptors (Lipinski definition) is 6. The van der Waals surface area contributed by atoms with Gasteiger partial charge in [-0.05, 0) is 93.9 Å². The molecular weight excluding hydrogens is 452 g/mol. The Kier molecular flexibility index (Phi) is 8.25. The number of ether oxygens (including phenoxy) is 4. The summed E-state index contributed by atoms with van der Waals surface area (Å²) in [7, 11) is 3.27. The fraction of sp³-hybridized carbons (Fsp3) is 0.462. The molecule has 0 spiro atoms. The van der Waals surface area contributed by atoms with Crippen LogP contribution < -0.4 is 19.5 Å². The van der Waals surface area contributed by atoms with Gasteiger partial charge in [0.2, 0.25) is 0 Å². The van der Waals surface area contributed by atoms with Crippen LogP contribution in [0.3, 0.4) is 0 Å². The molecule has 0 saturated carbocycles. The monoisotopic (exact) mass is 486 g/mol. The van der Waals surface area contributed by atoms with Crippen molar-refractivity contribution in [3.8, 4) is 17.2 Å². The molecule has 1 heterocycles. The van der Waals surface area contributed by atoms with E-state index in [1.165, 1.54) is 5.56 Å². The third kappa shape index (κ3) is 6.11. The summed E-state index contributed by atoms with van der Waals surface area (Å²) in [4.78, 5) is 14.1. The summed E-state index contributed by atoms with van der Waals surface area (Å²) in [6, 6.07) is 10.9. The standard InChI is InChI=1S/C26H34N2O5S/c1-7-32-24(29)17-8-10-19(11-9-17)33-16-21-20-15-23(31-6)22(30-5)14-18(20)12-13-28(21)25(34)27-26(2,3)4/h8-11,14-15,21H,7,12-13,16H2,1-6H3,(H,27,34)/t21-/m1/s1. The number of methoxy groups -OCH3 is 2. The zero-order valence-electron chi connectivity index (χ0n) is 20.8. The summed E-state index contributed by atoms with van der Waals surface area (Å²) >= 11 is 5.79. The Bertz CT molecular complexity index is 1020. The van der Waals surface area contributed by atoms with Crippen molar-refractivity contribution in [1.82, 2.24) is 10.2 Å². The topological polar surface area (TPSA) is 69.3 Å². The second-order valence-corrected chi connectivity index (χ2v) is 9.49. The number of carbonyl (C=O) groups is 1. The van der Waals surface area contributed by atoms with Crippen molar-refractivity contribution in [3.63, 3.8) is 0 Å². The van der Waals surface area contributed by atoms with Crippen LogP contribution in [-0.4, -0.2) is 55.5 Å². The second kappa shape index (κ2) is 11.0. The van der Waals surface area contributed by atoms with Gasteiger partial charge in [-0.1, -0.05) is 0 Å². The summed E-state index contributed by atoms with van der Waals surface area (Å²) in [6.07, 6.45) is 0.826. The molecular formula is C26H34N2O5S. The second-order valence-electron chi connectivity index (χ2n) is 9.10. The maximum Gasteiger partial charge on any atom is 0.338 e. The van der Waals surface area contributed by atoms with E-state index in [1.807, 2.05) is 12.1 Å². The predicted molar refractivity (Wildman–Crippen MR) is 136 cm³/mol. The van der Waals surface area contributed by atoms with E-state index in [-0.39, 0.29) is 17.6 Å². The van der Waals surface area contributed by atoms with Gasteiger partial charge in [-0.15, -0.1) is 0 Å². The molecule has 1 aliphatic heterocycles. The molecule has 1 aliphatic rings. The van der Waals surface area contributed by atoms with Gasteiger partial charge in [0.25, 0.3) is 0 Å². The third-order valence-electron chi connectivity index (χ3n) is 5.52. The lowest BCUT2D eigenvalue weighted by atomic mass is 9.92. The fourth-order valence-corrected chi connectivity index (χ4v) is 4.45. The Morgan fingerprint density at radius 1 is 1.12 bits per heavy atom. The van der Waals surface area contributed by atoms with Crippen LogP contribution in [0.2, 0.25) is 0 Å². The number of thiocarbonyl (C=S) groups is 1. The van der Waals surface area contributed by atoms with Gasteiger partial charge in [0.05, 0.1) is 32.4 Å². The normalized spacial score (nSPS) is 15.2. The number of fused-ring (bicyclic) bond motifs is 1. The molecule has 1 N–H and O–H groups in total. The molecule has 2 aromatic carbocycles. The van der Waals surface area contributed by atoms with E-state index in [9.17, 15) is 4.79 Å². The van der Waals surface area contributed by atoms with Crippen LogP contribution in [0.4, 0.5) is 0 Å². The Balaban J connectivity index is 1.88. The first kappa shape index (κ1) is 25.6. The SMILES string of the molecule is CCOC(=O)c1ccc(OC[C@@H]2c3cc(OC)c(OC)cc3CCN2C(=S)NC(C)(C)C)cc1. The number of hydrogen-bond donors (Lipinski definition) is 1. The zero-order chi connectivity index (χ0) is 24.9. The van der Waals surface area contributed by atoms with Crippen molar-refractivity contribution >= 4 is 23.3 Å². The van der Waals surface area contributed by atoms with Crippen molar-refractivity contribution in [2.24, 2.45) is 0 Å². The molecule has 2 aromatic rings. The van der Waals surface area contributed by atoms with Gasteiger partial charge in [0, 0.05) is 12.1 Å². The number of esters is 1. The van der Waals surface area contributed by atoms with Crippen LogP contribution in [0.1, 0.15) is 55.2 Å². The average Bonchev–Trinajstić information content (AvgIpc) is 2.80. The maximum absolute atomic E-state index is 11.9. The molecule has 8 heteroatoms. The van der Waals surface area contributed by atoms with Crippen LogP contribution in [0.25, 0.3) is 0 Å². The summed E-state index contributed by atoms with van der Waals surface area (Å²) < 4.78 is 22.3. The minimum atomic E-state index is -0.346. The summed E-state index contributed by atoms with van der Waals surface area (Å²) in [5, 5.41) is 4.11. The molecule has 0 fully saturated rings. The molecule has 0 aromatic heterocycles. The van der Waals surface area contributed by atoms with Crippen LogP contribution in [0.15, 0.2) is 36.4 Å². The molecule has 0 aliphatic carbocycles. The Morgan fingerprint density at radius 2 is 1.76 bits per heavy atom. The fourth-order valence-electron chi connectivity index (χ4n) is 3.92. The Hall–Kier alpha value is -3.00. The van der Waals surface area contributed by atoms with Crippen molar-refractivity contribution in [2.75, 3.05) is 34.0 Å². The van der Waals surface area contributed by atoms with E-state index in [4.69, 9.17) is 31.2 Å². The van der Waals surface area contributed by atoms with Crippen molar-refractivity contribution in [2.45, 2.75) is 45.7 Å². The van der Waals surface area contributed by atoms with E-state index >= 15 is 0 Å². The first-order chi connectivity index (χ1) is 16.2. The molecule has 3 rings (SSSR count). The highest BCUT2D eigenvalue weighted by Crippen LogP contribution is 2.38. The molecule has 1 atom stereocenters. The maximum atomic E-state index is 11.9. The molecule has 184 valence electrons. The third-order valence-corrected chi connectivity index (χ3v) is 5.86. The van der Waals surface area contributed by atoms with Crippen molar-refractivity contribution < 1.29 is 23.7 Å². The Labute approximate surface area is 207 Å². The number of nitrogens with one attached hydrogen (secondary N) is 1. The van der Waals surface area contributed by atoms with Crippen LogP contribution >= 0.6 is 12.2 Å². The summed E-state index contributed by atoms with van der Waals surface area (Å²) in [5.41, 5.74) is 2.60. The molecule has 34 heavy (non-hydrogen) atoms. The van der Waals surface area contributed by atoms with E-state index in [2.05, 4.69) is 31.0 Å². The molecule has 0 amide bonds. The smallest absolute Gasteiger partial charge is 0.338 e. The van der Waals surface area contributed by atoms with Gasteiger partial charge in [-0.2, -0.15) is 0 Å². The number of nitrogens with zero attached hydrogens (tertiary/aromatic N) is 1. The number of carbonyl (C=O) groups excluding carboxylic acids is 1. The van der Waals surface area contributed by atoms with Gasteiger partial charge in [-0.3, -0.25) is 0 Å². The van der Waals surface area contributed by atoms with Crippen molar-refractivity contribution in [3.05, 3.63) is 53.1 Å². The minimum absolute atomic E-state index is 0.129. The predicted octanol–water partition coefficient (Wildman–Crippen LogP) is 4.53. The van der Waals surface area contributed by atoms with Gasteiger partial charge >= 0.3 is 5.97 Å². The quantitative estimate of drug-likeness (QED) is 0.452. The first-order valence-electron chi connectivity index (χ1n) is 11.4. The lowest BCUT2D eigenvalue weighted by molar-refractivity contribution is 0.0526. The van der Waals surface area contributed by atoms with E-state index in [1.54, 1.807) is 45.4 Å². The highest BCUT2D eigenvalue weighted by molar-refractivity contribution is 7.80. The Morgan fingerprint density at radius 3 is 2.35 bits per heavy atom. The highest BCUT2D eigenvalue weighted by atomic mass is 32.1. The highest BCUT2D eigenvalue weighted by Gasteiger charge is 2.32. The van der Waals surface area contributed by atoms with Crippen LogP contribution in [0.5, 0.6) is 17.2 Å². The first-order valence-corrected chi connectivity index (χ1v) is 11.8. The van der Waals surface area contributed by atoms with Crippen LogP contribution in [-0.2, 0) is 11.2 Å². The summed E-state index contributed by atoms with van der Waals surface area (Å²) in [6.45, 7) is 9.50. The molecule has 0 unspecified atom stereocenters. The lowest BCUT2D eigenvalue weighted by Gasteiger charge is -2.41. The molecule has 0 bridgehead atoms. The van der Waals surface area contributed by atoms with E-state index < -0.39 is 0 Å². The van der Waals surface area contributed by atoms with E-state index in [0.717, 1.165) is 18.5 Å². The molecule has 0 radical (unpaired) electrons. The largest absolute Gasteiger partial charge is 0.493 e. The number of rotatable bonds is 7. The zero-order valence-corrected chi connectivity index (χ0v) is 21.6. The minimum Gasteiger partial charge on any atom is -0.493 e. The number of benzene rings is 2. The van der Waals surface area contributed by atoms with Gasteiger partial charge in [-0.25, -0.2) is 4.79 Å². The average molecular weight is 487 g/mol. The van der Waals surface area contributed by atoms with Gasteiger partial charge in [0.15, 0.2) is 16.6 Å². The van der Waals surface area contributed by atoms with Gasteiger partial charge in [0.1, 0.15) is 12.4 Å².